The second kappa shape index (κ2) is 8.85. The number of fused-ring (bicyclic) bond motifs is 1. The van der Waals surface area contributed by atoms with Crippen LogP contribution in [0.25, 0.3) is 11.2 Å². The molecule has 0 bridgehead atoms. The van der Waals surface area contributed by atoms with Crippen LogP contribution in [0.3, 0.4) is 0 Å². The molecule has 1 amide bonds. The number of nitrogens with zero attached hydrogens (tertiary/aromatic N) is 7. The van der Waals surface area contributed by atoms with Crippen LogP contribution in [-0.4, -0.2) is 61.4 Å². The summed E-state index contributed by atoms with van der Waals surface area (Å²) in [6.07, 6.45) is 7.86. The second-order valence-electron chi connectivity index (χ2n) is 8.29. The van der Waals surface area contributed by atoms with Gasteiger partial charge in [-0.3, -0.25) is 9.48 Å². The number of ether oxygens (including phenoxy) is 1. The zero-order chi connectivity index (χ0) is 22.8. The first-order valence-corrected chi connectivity index (χ1v) is 10.6. The second-order valence-corrected chi connectivity index (χ2v) is 8.29. The number of rotatable bonds is 7. The number of aromatic nitrogens is 6. The lowest BCUT2D eigenvalue weighted by atomic mass is 10.2. The molecule has 4 heterocycles. The number of aryl methyl sites for hydroxylation is 2. The van der Waals surface area contributed by atoms with Crippen molar-refractivity contribution in [3.63, 3.8) is 0 Å². The van der Waals surface area contributed by atoms with E-state index in [-0.39, 0.29) is 11.9 Å². The quantitative estimate of drug-likeness (QED) is 0.535. The molecule has 0 saturated carbocycles. The molecule has 0 aliphatic carbocycles. The van der Waals surface area contributed by atoms with Gasteiger partial charge >= 0.3 is 0 Å². The Labute approximate surface area is 186 Å². The third-order valence-corrected chi connectivity index (χ3v) is 5.24. The zero-order valence-electron chi connectivity index (χ0n) is 19.0. The first-order chi connectivity index (χ1) is 15.3. The van der Waals surface area contributed by atoms with Crippen LogP contribution in [0.15, 0.2) is 24.7 Å². The molecule has 11 heteroatoms. The van der Waals surface area contributed by atoms with Gasteiger partial charge in [0.25, 0.3) is 5.88 Å². The van der Waals surface area contributed by atoms with Crippen LogP contribution in [0.5, 0.6) is 5.88 Å². The Kier molecular flexibility index (Phi) is 5.97. The lowest BCUT2D eigenvalue weighted by molar-refractivity contribution is -0.117. The molecule has 32 heavy (non-hydrogen) atoms. The lowest BCUT2D eigenvalue weighted by Gasteiger charge is -2.18. The Morgan fingerprint density at radius 1 is 1.31 bits per heavy atom. The minimum atomic E-state index is -0.0698. The van der Waals surface area contributed by atoms with Crippen LogP contribution in [0.4, 0.5) is 17.5 Å². The Morgan fingerprint density at radius 2 is 2.12 bits per heavy atom. The average molecular weight is 440 g/mol. The highest BCUT2D eigenvalue weighted by atomic mass is 16.5. The molecular weight excluding hydrogens is 410 g/mol. The number of nitrogens with one attached hydrogen (secondary N) is 2. The van der Waals surface area contributed by atoms with E-state index in [1.165, 1.54) is 0 Å². The van der Waals surface area contributed by atoms with Gasteiger partial charge in [0.2, 0.25) is 11.9 Å². The third kappa shape index (κ3) is 4.51. The highest BCUT2D eigenvalue weighted by Gasteiger charge is 2.27. The topological polar surface area (TPSA) is 115 Å². The van der Waals surface area contributed by atoms with Gasteiger partial charge in [-0.2, -0.15) is 9.97 Å². The molecule has 1 aliphatic heterocycles. The van der Waals surface area contributed by atoms with Crippen LogP contribution in [0.2, 0.25) is 0 Å². The molecular formula is C21H29N9O2. The maximum Gasteiger partial charge on any atom is 0.256 e. The number of anilines is 3. The number of carbonyl (C=O) groups is 1. The van der Waals surface area contributed by atoms with E-state index >= 15 is 0 Å². The highest BCUT2D eigenvalue weighted by molar-refractivity contribution is 5.88. The lowest BCUT2D eigenvalue weighted by Crippen LogP contribution is -2.36. The van der Waals surface area contributed by atoms with Crippen molar-refractivity contribution in [3.05, 3.63) is 24.7 Å². The van der Waals surface area contributed by atoms with Crippen molar-refractivity contribution >= 4 is 34.5 Å². The number of methoxy groups -OCH3 is 1. The predicted octanol–water partition coefficient (Wildman–Crippen LogP) is 1.76. The van der Waals surface area contributed by atoms with Crippen LogP contribution < -0.4 is 20.3 Å². The van der Waals surface area contributed by atoms with E-state index in [0.717, 1.165) is 13.0 Å². The fraction of sp³-hybridized carbons (Fsp3) is 0.476. The number of hydrogen-bond acceptors (Lipinski definition) is 8. The fourth-order valence-electron chi connectivity index (χ4n) is 3.64. The monoisotopic (exact) mass is 439 g/mol. The van der Waals surface area contributed by atoms with Crippen LogP contribution >= 0.6 is 0 Å². The molecule has 0 spiro atoms. The van der Waals surface area contributed by atoms with Crippen LogP contribution in [0.1, 0.15) is 20.3 Å². The maximum atomic E-state index is 12.2. The van der Waals surface area contributed by atoms with Crippen molar-refractivity contribution in [1.29, 1.82) is 0 Å². The Morgan fingerprint density at radius 3 is 2.88 bits per heavy atom. The number of amides is 1. The van der Waals surface area contributed by atoms with Crippen LogP contribution in [0, 0.1) is 5.92 Å². The van der Waals surface area contributed by atoms with Crippen LogP contribution in [-0.2, 0) is 18.9 Å². The number of hydrogen-bond donors (Lipinski definition) is 2. The zero-order valence-corrected chi connectivity index (χ0v) is 19.0. The van der Waals surface area contributed by atoms with E-state index in [0.29, 0.717) is 47.0 Å². The van der Waals surface area contributed by atoms with Crippen molar-refractivity contribution in [1.82, 2.24) is 34.6 Å². The Bertz CT molecular complexity index is 1150. The largest absolute Gasteiger partial charge is 0.478 e. The molecule has 1 saturated heterocycles. The summed E-state index contributed by atoms with van der Waals surface area (Å²) >= 11 is 0. The Hall–Kier alpha value is -3.63. The van der Waals surface area contributed by atoms with E-state index in [1.54, 1.807) is 24.2 Å². The van der Waals surface area contributed by atoms with E-state index in [9.17, 15) is 4.79 Å². The summed E-state index contributed by atoms with van der Waals surface area (Å²) in [6, 6.07) is 0.0416. The number of carbonyl (C=O) groups excluding carboxylic acids is 1. The van der Waals surface area contributed by atoms with Gasteiger partial charge in [0.15, 0.2) is 17.0 Å². The van der Waals surface area contributed by atoms with E-state index in [4.69, 9.17) is 14.7 Å². The molecule has 3 aromatic rings. The smallest absolute Gasteiger partial charge is 0.256 e. The van der Waals surface area contributed by atoms with Gasteiger partial charge in [-0.25, -0.2) is 4.98 Å². The molecule has 170 valence electrons. The third-order valence-electron chi connectivity index (χ3n) is 5.24. The summed E-state index contributed by atoms with van der Waals surface area (Å²) in [5.41, 5.74) is 2.06. The van der Waals surface area contributed by atoms with Gasteiger partial charge in [-0.05, 0) is 18.4 Å². The number of imidazole rings is 1. The molecule has 3 aromatic heterocycles. The van der Waals surface area contributed by atoms with E-state index in [1.807, 2.05) is 44.8 Å². The molecule has 1 atom stereocenters. The Balaban J connectivity index is 1.57. The average Bonchev–Trinajstić information content (AvgIpc) is 3.46. The van der Waals surface area contributed by atoms with Gasteiger partial charge in [0.1, 0.15) is 5.69 Å². The SMILES string of the molecule is COc1nn(C)cc1Nc1nc(N2CCC(NC(=O)/C=C/C(C)C)C2)nc2c1ncn2C. The molecule has 2 N–H and O–H groups in total. The maximum absolute atomic E-state index is 12.2. The summed E-state index contributed by atoms with van der Waals surface area (Å²) in [5, 5.41) is 10.6. The summed E-state index contributed by atoms with van der Waals surface area (Å²) in [7, 11) is 5.30. The normalized spacial score (nSPS) is 16.4. The van der Waals surface area contributed by atoms with Gasteiger partial charge in [0.05, 0.1) is 19.6 Å². The first-order valence-electron chi connectivity index (χ1n) is 10.6. The first kappa shape index (κ1) is 21.6. The van der Waals surface area contributed by atoms with Crippen molar-refractivity contribution in [3.8, 4) is 5.88 Å². The number of allylic oxidation sites excluding steroid dienone is 1. The molecule has 1 unspecified atom stereocenters. The predicted molar refractivity (Wildman–Crippen MR) is 122 cm³/mol. The van der Waals surface area contributed by atoms with Crippen molar-refractivity contribution < 1.29 is 9.53 Å². The fourth-order valence-corrected chi connectivity index (χ4v) is 3.64. The summed E-state index contributed by atoms with van der Waals surface area (Å²) in [6.45, 7) is 5.47. The highest BCUT2D eigenvalue weighted by Crippen LogP contribution is 2.30. The molecule has 11 nitrogen and oxygen atoms in total. The molecule has 1 aliphatic rings. The van der Waals surface area contributed by atoms with Crippen molar-refractivity contribution in [2.24, 2.45) is 20.0 Å². The molecule has 1 fully saturated rings. The molecule has 4 rings (SSSR count). The van der Waals surface area contributed by atoms with Gasteiger partial charge in [-0.1, -0.05) is 19.9 Å². The van der Waals surface area contributed by atoms with E-state index < -0.39 is 0 Å². The van der Waals surface area contributed by atoms with E-state index in [2.05, 4.69) is 25.6 Å². The molecule has 0 radical (unpaired) electrons. The summed E-state index contributed by atoms with van der Waals surface area (Å²) in [4.78, 5) is 28.2. The van der Waals surface area contributed by atoms with Crippen molar-refractivity contribution in [2.45, 2.75) is 26.3 Å². The minimum absolute atomic E-state index is 0.0416. The minimum Gasteiger partial charge on any atom is -0.478 e. The van der Waals surface area contributed by atoms with Gasteiger partial charge in [-0.15, -0.1) is 5.10 Å². The van der Waals surface area contributed by atoms with Crippen molar-refractivity contribution in [2.75, 3.05) is 30.4 Å². The molecule has 0 aromatic carbocycles. The standard InChI is InChI=1S/C21H29N9O2/c1-13(2)6-7-16(31)23-14-8-9-30(10-14)21-25-18(17-19(26-21)28(3)12-22-17)24-15-11-29(4)27-20(15)32-5/h6-7,11-14H,8-10H2,1-5H3,(H,23,31)(H,24,25,26)/b7-6+. The van der Waals surface area contributed by atoms with Gasteiger partial charge < -0.3 is 24.8 Å². The summed E-state index contributed by atoms with van der Waals surface area (Å²) < 4.78 is 8.88. The summed E-state index contributed by atoms with van der Waals surface area (Å²) in [5.74, 6) is 1.89. The van der Waals surface area contributed by atoms with Gasteiger partial charge in [0, 0.05) is 33.2 Å².